The first-order valence-corrected chi connectivity index (χ1v) is 5.15. The van der Waals surface area contributed by atoms with Gasteiger partial charge in [-0.05, 0) is 12.1 Å². The third-order valence-corrected chi connectivity index (χ3v) is 2.46. The number of nitrogens with two attached hydrogens (primary N) is 1. The highest BCUT2D eigenvalue weighted by molar-refractivity contribution is 5.84. The standard InChI is InChI=1S/C12H14N2O2/c13-9(7-15)6-10-5-4-8-2-1-3-11(16)12(8)14-10/h1-5,9,15-16H,6-7,13H2. The summed E-state index contributed by atoms with van der Waals surface area (Å²) in [6, 6.07) is 8.70. The molecule has 0 amide bonds. The molecule has 0 spiro atoms. The lowest BCUT2D eigenvalue weighted by molar-refractivity contribution is 0.264. The fraction of sp³-hybridized carbons (Fsp3) is 0.250. The van der Waals surface area contributed by atoms with Gasteiger partial charge in [0.15, 0.2) is 0 Å². The number of hydrogen-bond donors (Lipinski definition) is 3. The molecule has 1 heterocycles. The van der Waals surface area contributed by atoms with Crippen molar-refractivity contribution in [2.45, 2.75) is 12.5 Å². The minimum absolute atomic E-state index is 0.0690. The smallest absolute Gasteiger partial charge is 0.141 e. The normalized spacial score (nSPS) is 12.9. The minimum Gasteiger partial charge on any atom is -0.506 e. The van der Waals surface area contributed by atoms with E-state index in [1.54, 1.807) is 12.1 Å². The van der Waals surface area contributed by atoms with Gasteiger partial charge in [-0.2, -0.15) is 0 Å². The SMILES string of the molecule is NC(CO)Cc1ccc2cccc(O)c2n1. The number of pyridine rings is 1. The van der Waals surface area contributed by atoms with Crippen LogP contribution in [-0.4, -0.2) is 27.8 Å². The van der Waals surface area contributed by atoms with Crippen molar-refractivity contribution in [1.29, 1.82) is 0 Å². The highest BCUT2D eigenvalue weighted by Crippen LogP contribution is 2.22. The van der Waals surface area contributed by atoms with Crippen LogP contribution >= 0.6 is 0 Å². The van der Waals surface area contributed by atoms with Gasteiger partial charge in [0.1, 0.15) is 11.3 Å². The third kappa shape index (κ3) is 2.13. The average Bonchev–Trinajstić information content (AvgIpc) is 2.30. The molecule has 4 heteroatoms. The number of phenolic OH excluding ortho intramolecular Hbond substituents is 1. The molecule has 0 aliphatic heterocycles. The van der Waals surface area contributed by atoms with Gasteiger partial charge in [0.2, 0.25) is 0 Å². The van der Waals surface area contributed by atoms with Crippen molar-refractivity contribution in [3.63, 3.8) is 0 Å². The molecular weight excluding hydrogens is 204 g/mol. The second-order valence-corrected chi connectivity index (χ2v) is 3.80. The molecule has 0 fully saturated rings. The number of aliphatic hydroxyl groups is 1. The van der Waals surface area contributed by atoms with E-state index >= 15 is 0 Å². The predicted molar refractivity (Wildman–Crippen MR) is 62.2 cm³/mol. The van der Waals surface area contributed by atoms with Crippen LogP contribution in [0.15, 0.2) is 30.3 Å². The molecule has 0 radical (unpaired) electrons. The van der Waals surface area contributed by atoms with E-state index in [4.69, 9.17) is 10.8 Å². The largest absolute Gasteiger partial charge is 0.506 e. The zero-order valence-corrected chi connectivity index (χ0v) is 8.80. The van der Waals surface area contributed by atoms with Gasteiger partial charge < -0.3 is 15.9 Å². The Morgan fingerprint density at radius 1 is 1.25 bits per heavy atom. The highest BCUT2D eigenvalue weighted by atomic mass is 16.3. The van der Waals surface area contributed by atoms with Crippen LogP contribution in [0.4, 0.5) is 0 Å². The van der Waals surface area contributed by atoms with Gasteiger partial charge in [0.25, 0.3) is 0 Å². The summed E-state index contributed by atoms with van der Waals surface area (Å²) in [4.78, 5) is 4.32. The molecule has 2 rings (SSSR count). The van der Waals surface area contributed by atoms with E-state index in [0.717, 1.165) is 11.1 Å². The molecule has 16 heavy (non-hydrogen) atoms. The Labute approximate surface area is 93.4 Å². The van der Waals surface area contributed by atoms with Crippen molar-refractivity contribution in [2.75, 3.05) is 6.61 Å². The molecule has 84 valence electrons. The van der Waals surface area contributed by atoms with Crippen molar-refractivity contribution >= 4 is 10.9 Å². The fourth-order valence-corrected chi connectivity index (χ4v) is 1.62. The average molecular weight is 218 g/mol. The van der Waals surface area contributed by atoms with Gasteiger partial charge >= 0.3 is 0 Å². The number of fused-ring (bicyclic) bond motifs is 1. The van der Waals surface area contributed by atoms with Gasteiger partial charge in [-0.15, -0.1) is 0 Å². The summed E-state index contributed by atoms with van der Waals surface area (Å²) in [6.45, 7) is -0.0690. The summed E-state index contributed by atoms with van der Waals surface area (Å²) < 4.78 is 0. The first-order valence-electron chi connectivity index (χ1n) is 5.15. The van der Waals surface area contributed by atoms with E-state index in [0.29, 0.717) is 11.9 Å². The van der Waals surface area contributed by atoms with E-state index in [9.17, 15) is 5.11 Å². The van der Waals surface area contributed by atoms with Gasteiger partial charge in [0.05, 0.1) is 6.61 Å². The van der Waals surface area contributed by atoms with Crippen molar-refractivity contribution in [2.24, 2.45) is 5.73 Å². The molecule has 2 aromatic rings. The number of phenols is 1. The van der Waals surface area contributed by atoms with Gasteiger partial charge in [-0.3, -0.25) is 0 Å². The number of benzene rings is 1. The van der Waals surface area contributed by atoms with Crippen molar-refractivity contribution in [1.82, 2.24) is 4.98 Å². The highest BCUT2D eigenvalue weighted by Gasteiger charge is 2.06. The third-order valence-electron chi connectivity index (χ3n) is 2.46. The Balaban J connectivity index is 2.39. The topological polar surface area (TPSA) is 79.4 Å². The molecular formula is C12H14N2O2. The Morgan fingerprint density at radius 2 is 2.06 bits per heavy atom. The second-order valence-electron chi connectivity index (χ2n) is 3.80. The van der Waals surface area contributed by atoms with Gasteiger partial charge in [-0.25, -0.2) is 4.98 Å². The number of aliphatic hydroxyl groups excluding tert-OH is 1. The minimum atomic E-state index is -0.309. The van der Waals surface area contributed by atoms with E-state index in [1.807, 2.05) is 18.2 Å². The molecule has 0 aliphatic carbocycles. The first kappa shape index (κ1) is 10.9. The number of para-hydroxylation sites is 1. The summed E-state index contributed by atoms with van der Waals surface area (Å²) >= 11 is 0. The monoisotopic (exact) mass is 218 g/mol. The zero-order valence-electron chi connectivity index (χ0n) is 8.80. The van der Waals surface area contributed by atoms with Crippen LogP contribution in [0.25, 0.3) is 10.9 Å². The van der Waals surface area contributed by atoms with E-state index in [-0.39, 0.29) is 18.4 Å². The lowest BCUT2D eigenvalue weighted by Gasteiger charge is -2.08. The van der Waals surface area contributed by atoms with Crippen molar-refractivity contribution in [3.05, 3.63) is 36.0 Å². The van der Waals surface area contributed by atoms with Crippen molar-refractivity contribution in [3.8, 4) is 5.75 Å². The maximum atomic E-state index is 9.64. The van der Waals surface area contributed by atoms with Crippen LogP contribution in [-0.2, 0) is 6.42 Å². The summed E-state index contributed by atoms with van der Waals surface area (Å²) in [7, 11) is 0. The van der Waals surface area contributed by atoms with Crippen LogP contribution in [0.5, 0.6) is 5.75 Å². The van der Waals surface area contributed by atoms with Crippen LogP contribution in [0, 0.1) is 0 Å². The summed E-state index contributed by atoms with van der Waals surface area (Å²) in [5, 5.41) is 19.4. The first-order chi connectivity index (χ1) is 7.70. The quantitative estimate of drug-likeness (QED) is 0.712. The Hall–Kier alpha value is -1.65. The number of nitrogens with zero attached hydrogens (tertiary/aromatic N) is 1. The van der Waals surface area contributed by atoms with E-state index < -0.39 is 0 Å². The van der Waals surface area contributed by atoms with Gasteiger partial charge in [0, 0.05) is 23.5 Å². The molecule has 1 atom stereocenters. The number of aromatic hydroxyl groups is 1. The fourth-order valence-electron chi connectivity index (χ4n) is 1.62. The summed E-state index contributed by atoms with van der Waals surface area (Å²) in [5.41, 5.74) is 6.98. The van der Waals surface area contributed by atoms with Gasteiger partial charge in [-0.1, -0.05) is 18.2 Å². The predicted octanol–water partition coefficient (Wildman–Crippen LogP) is 0.802. The molecule has 0 saturated carbocycles. The lowest BCUT2D eigenvalue weighted by atomic mass is 10.1. The van der Waals surface area contributed by atoms with Crippen LogP contribution < -0.4 is 5.73 Å². The zero-order chi connectivity index (χ0) is 11.5. The Bertz CT molecular complexity index is 499. The Kier molecular flexibility index (Phi) is 3.03. The number of rotatable bonds is 3. The molecule has 1 aromatic carbocycles. The summed E-state index contributed by atoms with van der Waals surface area (Å²) in [5.74, 6) is 0.164. The molecule has 0 bridgehead atoms. The van der Waals surface area contributed by atoms with Crippen molar-refractivity contribution < 1.29 is 10.2 Å². The second kappa shape index (κ2) is 4.47. The molecule has 1 unspecified atom stereocenters. The molecule has 4 nitrogen and oxygen atoms in total. The molecule has 4 N–H and O–H groups in total. The maximum absolute atomic E-state index is 9.64. The number of hydrogen-bond acceptors (Lipinski definition) is 4. The van der Waals surface area contributed by atoms with Crippen LogP contribution in [0.2, 0.25) is 0 Å². The van der Waals surface area contributed by atoms with Crippen LogP contribution in [0.1, 0.15) is 5.69 Å². The number of aromatic nitrogens is 1. The van der Waals surface area contributed by atoms with E-state index in [1.165, 1.54) is 0 Å². The lowest BCUT2D eigenvalue weighted by Crippen LogP contribution is -2.27. The maximum Gasteiger partial charge on any atom is 0.141 e. The molecule has 1 aromatic heterocycles. The summed E-state index contributed by atoms with van der Waals surface area (Å²) in [6.07, 6.45) is 0.501. The molecule has 0 aliphatic rings. The van der Waals surface area contributed by atoms with E-state index in [2.05, 4.69) is 4.98 Å². The molecule has 0 saturated heterocycles. The Morgan fingerprint density at radius 3 is 2.81 bits per heavy atom. The van der Waals surface area contributed by atoms with Crippen LogP contribution in [0.3, 0.4) is 0 Å².